The van der Waals surface area contributed by atoms with E-state index in [9.17, 15) is 0 Å². The summed E-state index contributed by atoms with van der Waals surface area (Å²) in [6.45, 7) is 14.4. The number of hydrogen-bond donors (Lipinski definition) is 0. The van der Waals surface area contributed by atoms with Gasteiger partial charge in [0.25, 0.3) is 0 Å². The maximum Gasteiger partial charge on any atom is 0.208 e. The van der Waals surface area contributed by atoms with Gasteiger partial charge in [-0.3, -0.25) is 0 Å². The Morgan fingerprint density at radius 3 is 1.86 bits per heavy atom. The van der Waals surface area contributed by atoms with E-state index in [4.69, 9.17) is 27.3 Å². The first-order valence-electron chi connectivity index (χ1n) is 4.74. The Morgan fingerprint density at radius 2 is 1.57 bits per heavy atom. The zero-order valence-electron chi connectivity index (χ0n) is 9.60. The van der Waals surface area contributed by atoms with Crippen molar-refractivity contribution in [3.8, 4) is 0 Å². The predicted octanol–water partition coefficient (Wildman–Crippen LogP) is 4.33. The second-order valence-electron chi connectivity index (χ2n) is 4.63. The van der Waals surface area contributed by atoms with Crippen molar-refractivity contribution in [1.29, 1.82) is 0 Å². The summed E-state index contributed by atoms with van der Waals surface area (Å²) in [5.41, 5.74) is 0.418. The minimum Gasteiger partial charge on any atom is -0.453 e. The van der Waals surface area contributed by atoms with Gasteiger partial charge in [0.2, 0.25) is 8.32 Å². The van der Waals surface area contributed by atoms with Crippen LogP contribution < -0.4 is 0 Å². The summed E-state index contributed by atoms with van der Waals surface area (Å²) in [6.07, 6.45) is 1.95. The Morgan fingerprint density at radius 1 is 1.14 bits per heavy atom. The van der Waals surface area contributed by atoms with Crippen LogP contribution in [0.3, 0.4) is 0 Å². The first-order valence-corrected chi connectivity index (χ1v) is 11.6. The van der Waals surface area contributed by atoms with Crippen molar-refractivity contribution in [3.05, 3.63) is 12.7 Å². The lowest BCUT2D eigenvalue weighted by molar-refractivity contribution is 0.535. The third-order valence-corrected chi connectivity index (χ3v) is 13.3. The van der Waals surface area contributed by atoms with Crippen molar-refractivity contribution < 1.29 is 4.12 Å². The normalized spacial score (nSPS) is 15.7. The van der Waals surface area contributed by atoms with Gasteiger partial charge in [-0.15, -0.1) is 29.8 Å². The van der Waals surface area contributed by atoms with E-state index in [0.29, 0.717) is 5.54 Å². The molecule has 84 valence electrons. The largest absolute Gasteiger partial charge is 0.453 e. The van der Waals surface area contributed by atoms with Crippen LogP contribution >= 0.6 is 23.2 Å². The summed E-state index contributed by atoms with van der Waals surface area (Å²) < 4.78 is 5.81. The fourth-order valence-electron chi connectivity index (χ4n) is 1.10. The lowest BCUT2D eigenvalue weighted by Crippen LogP contribution is -2.50. The number of rotatable bonds is 5. The quantitative estimate of drug-likeness (QED) is 0.411. The summed E-state index contributed by atoms with van der Waals surface area (Å²) in [4.78, 5) is 0. The third-order valence-electron chi connectivity index (χ3n) is 2.50. The van der Waals surface area contributed by atoms with Crippen LogP contribution in [0.25, 0.3) is 0 Å². The summed E-state index contributed by atoms with van der Waals surface area (Å²) in [5.74, 6) is 0. The van der Waals surface area contributed by atoms with Crippen molar-refractivity contribution in [2.45, 2.75) is 43.1 Å². The smallest absolute Gasteiger partial charge is 0.208 e. The van der Waals surface area contributed by atoms with Gasteiger partial charge in [-0.25, -0.2) is 0 Å². The Balaban J connectivity index is 4.57. The Hall–Kier alpha value is 0.714. The van der Waals surface area contributed by atoms with Crippen LogP contribution in [0, 0.1) is 0 Å². The number of halogens is 2. The Kier molecular flexibility index (Phi) is 5.43. The molecule has 0 aliphatic carbocycles. The van der Waals surface area contributed by atoms with Crippen LogP contribution in [0.1, 0.15) is 6.92 Å². The molecular weight excluding hydrogens is 251 g/mol. The maximum atomic E-state index is 6.18. The van der Waals surface area contributed by atoms with Gasteiger partial charge in [-0.05, 0) is 31.7 Å². The average molecular weight is 271 g/mol. The molecule has 0 amide bonds. The van der Waals surface area contributed by atoms with Crippen LogP contribution in [0.5, 0.6) is 0 Å². The molecule has 0 aromatic rings. The van der Waals surface area contributed by atoms with Crippen molar-refractivity contribution in [1.82, 2.24) is 0 Å². The van der Waals surface area contributed by atoms with Gasteiger partial charge < -0.3 is 4.12 Å². The van der Waals surface area contributed by atoms with E-state index in [1.807, 2.05) is 6.08 Å². The molecule has 0 bridgehead atoms. The highest BCUT2D eigenvalue weighted by atomic mass is 35.5. The standard InChI is InChI=1S/C9H20Cl2OSi2/c1-7-8(2)13(3,4)12-14(5,6)9(10)11/h7-9H,1H2,2-6H3. The van der Waals surface area contributed by atoms with Gasteiger partial charge >= 0.3 is 0 Å². The highest BCUT2D eigenvalue weighted by Gasteiger charge is 2.39. The molecule has 0 fully saturated rings. The average Bonchev–Trinajstić information content (AvgIpc) is 2.00. The van der Waals surface area contributed by atoms with E-state index in [1.165, 1.54) is 0 Å². The van der Waals surface area contributed by atoms with E-state index >= 15 is 0 Å². The highest BCUT2D eigenvalue weighted by Crippen LogP contribution is 2.30. The SMILES string of the molecule is C=CC(C)[Si](C)(C)O[Si](C)(C)C(Cl)Cl. The molecule has 0 saturated heterocycles. The lowest BCUT2D eigenvalue weighted by Gasteiger charge is -2.37. The van der Waals surface area contributed by atoms with E-state index < -0.39 is 16.6 Å². The highest BCUT2D eigenvalue weighted by molar-refractivity contribution is 6.94. The molecule has 14 heavy (non-hydrogen) atoms. The maximum absolute atomic E-state index is 6.18. The van der Waals surface area contributed by atoms with Crippen LogP contribution in [-0.2, 0) is 4.12 Å². The molecule has 0 aliphatic rings. The molecule has 0 radical (unpaired) electrons. The van der Waals surface area contributed by atoms with Crippen LogP contribution in [0.15, 0.2) is 12.7 Å². The van der Waals surface area contributed by atoms with Crippen molar-refractivity contribution >= 4 is 39.8 Å². The van der Waals surface area contributed by atoms with Crippen molar-refractivity contribution in [3.63, 3.8) is 0 Å². The van der Waals surface area contributed by atoms with Gasteiger partial charge in [-0.1, -0.05) is 13.0 Å². The molecule has 0 aromatic heterocycles. The molecule has 5 heteroatoms. The van der Waals surface area contributed by atoms with Crippen LogP contribution in [0.4, 0.5) is 0 Å². The second kappa shape index (κ2) is 5.17. The van der Waals surface area contributed by atoms with Crippen LogP contribution in [-0.4, -0.2) is 21.1 Å². The molecule has 1 atom stereocenters. The molecule has 0 saturated carbocycles. The minimum absolute atomic E-state index is 0.369. The lowest BCUT2D eigenvalue weighted by atomic mass is 10.5. The molecule has 0 N–H and O–H groups in total. The van der Waals surface area contributed by atoms with Gasteiger partial charge in [0.15, 0.2) is 8.32 Å². The fraction of sp³-hybridized carbons (Fsp3) is 0.778. The van der Waals surface area contributed by atoms with E-state index in [0.717, 1.165) is 0 Å². The van der Waals surface area contributed by atoms with Crippen molar-refractivity contribution in [2.75, 3.05) is 0 Å². The zero-order chi connectivity index (χ0) is 11.6. The summed E-state index contributed by atoms with van der Waals surface area (Å²) >= 11 is 11.8. The fourth-order valence-corrected chi connectivity index (χ4v) is 8.99. The van der Waals surface area contributed by atoms with E-state index in [2.05, 4.69) is 39.7 Å². The topological polar surface area (TPSA) is 9.23 Å². The van der Waals surface area contributed by atoms with Gasteiger partial charge in [-0.2, -0.15) is 0 Å². The molecule has 0 heterocycles. The van der Waals surface area contributed by atoms with Gasteiger partial charge in [0.05, 0.1) is 0 Å². The minimum atomic E-state index is -1.95. The number of alkyl halides is 2. The molecule has 0 rings (SSSR count). The zero-order valence-corrected chi connectivity index (χ0v) is 13.1. The van der Waals surface area contributed by atoms with E-state index in [1.54, 1.807) is 0 Å². The van der Waals surface area contributed by atoms with Crippen molar-refractivity contribution in [2.24, 2.45) is 0 Å². The summed E-state index contributed by atoms with van der Waals surface area (Å²) in [7, 11) is -3.68. The first-order chi connectivity index (χ1) is 6.13. The van der Waals surface area contributed by atoms with Gasteiger partial charge in [0.1, 0.15) is 4.46 Å². The number of allylic oxidation sites excluding steroid dienone is 1. The third kappa shape index (κ3) is 4.07. The predicted molar refractivity (Wildman–Crippen MR) is 71.2 cm³/mol. The molecule has 0 spiro atoms. The van der Waals surface area contributed by atoms with Crippen LogP contribution in [0.2, 0.25) is 31.7 Å². The molecule has 1 nitrogen and oxygen atoms in total. The second-order valence-corrected chi connectivity index (χ2v) is 15.2. The molecular formula is C9H20Cl2OSi2. The Labute approximate surface area is 99.7 Å². The molecule has 0 aromatic carbocycles. The first kappa shape index (κ1) is 14.7. The molecule has 1 unspecified atom stereocenters. The summed E-state index contributed by atoms with van der Waals surface area (Å²) in [6, 6.07) is 0. The number of hydrogen-bond acceptors (Lipinski definition) is 1. The molecule has 0 aliphatic heterocycles. The van der Waals surface area contributed by atoms with Gasteiger partial charge in [0, 0.05) is 0 Å². The monoisotopic (exact) mass is 270 g/mol. The Bertz CT molecular complexity index is 205. The van der Waals surface area contributed by atoms with E-state index in [-0.39, 0.29) is 4.46 Å². The summed E-state index contributed by atoms with van der Waals surface area (Å²) in [5, 5.41) is 0.